The van der Waals surface area contributed by atoms with Crippen LogP contribution >= 0.6 is 0 Å². The van der Waals surface area contributed by atoms with E-state index in [-0.39, 0.29) is 23.6 Å². The fraction of sp³-hybridized carbons (Fsp3) is 0.158. The molecule has 0 atom stereocenters. The molecule has 1 aromatic carbocycles. The third-order valence-corrected chi connectivity index (χ3v) is 4.03. The van der Waals surface area contributed by atoms with E-state index in [1.54, 1.807) is 24.0 Å². The van der Waals surface area contributed by atoms with Gasteiger partial charge in [0.05, 0.1) is 11.3 Å². The minimum absolute atomic E-state index is 0.000318. The predicted octanol–water partition coefficient (Wildman–Crippen LogP) is 3.43. The number of rotatable bonds is 5. The van der Waals surface area contributed by atoms with Gasteiger partial charge in [0.15, 0.2) is 5.76 Å². The van der Waals surface area contributed by atoms with Crippen LogP contribution in [0.1, 0.15) is 21.7 Å². The van der Waals surface area contributed by atoms with E-state index < -0.39 is 17.6 Å². The van der Waals surface area contributed by atoms with Crippen LogP contribution in [0.2, 0.25) is 0 Å². The molecular weight excluding hydrogens is 373 g/mol. The first kappa shape index (κ1) is 19.4. The highest BCUT2D eigenvalue weighted by Gasteiger charge is 2.32. The minimum Gasteiger partial charge on any atom is -0.458 e. The first-order valence-electron chi connectivity index (χ1n) is 8.24. The lowest BCUT2D eigenvalue weighted by molar-refractivity contribution is -0.137. The molecule has 0 aliphatic rings. The largest absolute Gasteiger partial charge is 0.458 e. The molecule has 3 aromatic rings. The quantitative estimate of drug-likeness (QED) is 0.699. The summed E-state index contributed by atoms with van der Waals surface area (Å²) in [5.74, 6) is -0.616. The number of amides is 1. The summed E-state index contributed by atoms with van der Waals surface area (Å²) in [7, 11) is 1.75. The third-order valence-electron chi connectivity index (χ3n) is 4.03. The summed E-state index contributed by atoms with van der Waals surface area (Å²) in [5.41, 5.74) is 6.21. The average Bonchev–Trinajstić information content (AvgIpc) is 3.29. The van der Waals surface area contributed by atoms with Gasteiger partial charge < -0.3 is 15.5 Å². The van der Waals surface area contributed by atoms with E-state index in [1.807, 2.05) is 0 Å². The Balaban J connectivity index is 1.82. The Bertz CT molecular complexity index is 1020. The molecule has 0 bridgehead atoms. The predicted molar refractivity (Wildman–Crippen MR) is 96.9 cm³/mol. The summed E-state index contributed by atoms with van der Waals surface area (Å²) < 4.78 is 46.3. The summed E-state index contributed by atoms with van der Waals surface area (Å²) >= 11 is 0. The Morgan fingerprint density at radius 2 is 2.07 bits per heavy atom. The van der Waals surface area contributed by atoms with Crippen molar-refractivity contribution >= 4 is 12.0 Å². The number of nitrogens with two attached hydrogens (primary N) is 1. The van der Waals surface area contributed by atoms with Gasteiger partial charge in [0.2, 0.25) is 0 Å². The van der Waals surface area contributed by atoms with E-state index in [0.29, 0.717) is 5.56 Å². The Labute approximate surface area is 158 Å². The number of alkyl halides is 3. The summed E-state index contributed by atoms with van der Waals surface area (Å²) in [6.45, 7) is -0.159. The lowest BCUT2D eigenvalue weighted by Crippen LogP contribution is -2.26. The lowest BCUT2D eigenvalue weighted by Gasteiger charge is -2.12. The molecule has 2 heterocycles. The van der Waals surface area contributed by atoms with Gasteiger partial charge in [-0.25, -0.2) is 0 Å². The number of carbonyl (C=O) groups is 1. The molecule has 146 valence electrons. The van der Waals surface area contributed by atoms with Crippen LogP contribution in [0.3, 0.4) is 0 Å². The average molecular weight is 390 g/mol. The molecule has 6 nitrogen and oxygen atoms in total. The normalized spacial score (nSPS) is 12.2. The number of nitrogens with zero attached hydrogens (tertiary/aromatic N) is 2. The Kier molecular flexibility index (Phi) is 5.36. The smallest absolute Gasteiger partial charge is 0.416 e. The molecule has 0 saturated heterocycles. The molecule has 0 aliphatic carbocycles. The van der Waals surface area contributed by atoms with Gasteiger partial charge in [-0.1, -0.05) is 18.2 Å². The van der Waals surface area contributed by atoms with Gasteiger partial charge in [0.1, 0.15) is 6.26 Å². The van der Waals surface area contributed by atoms with Crippen LogP contribution in [0.4, 0.5) is 13.2 Å². The Hall–Kier alpha value is -3.33. The highest BCUT2D eigenvalue weighted by Crippen LogP contribution is 2.32. The second kappa shape index (κ2) is 7.73. The number of nitrogens with one attached hydrogen (secondary N) is 1. The number of halogens is 3. The van der Waals surface area contributed by atoms with Gasteiger partial charge in [-0.2, -0.15) is 18.3 Å². The van der Waals surface area contributed by atoms with Crippen molar-refractivity contribution in [2.24, 2.45) is 12.8 Å². The molecule has 9 heteroatoms. The van der Waals surface area contributed by atoms with E-state index in [9.17, 15) is 18.0 Å². The van der Waals surface area contributed by atoms with Crippen LogP contribution in [-0.4, -0.2) is 22.2 Å². The first-order valence-corrected chi connectivity index (χ1v) is 8.24. The summed E-state index contributed by atoms with van der Waals surface area (Å²) in [6.07, 6.45) is -0.312. The van der Waals surface area contributed by atoms with E-state index in [0.717, 1.165) is 11.8 Å². The van der Waals surface area contributed by atoms with Crippen molar-refractivity contribution < 1.29 is 22.4 Å². The molecule has 0 radical (unpaired) electrons. The minimum atomic E-state index is -4.52. The lowest BCUT2D eigenvalue weighted by atomic mass is 10.1. The van der Waals surface area contributed by atoms with E-state index in [4.69, 9.17) is 10.2 Å². The zero-order valence-corrected chi connectivity index (χ0v) is 14.8. The van der Waals surface area contributed by atoms with Crippen molar-refractivity contribution in [2.45, 2.75) is 6.18 Å². The Morgan fingerprint density at radius 1 is 1.32 bits per heavy atom. The van der Waals surface area contributed by atoms with Crippen LogP contribution in [0.5, 0.6) is 0 Å². The number of furan rings is 1. The molecule has 1 amide bonds. The Morgan fingerprint density at radius 3 is 2.71 bits per heavy atom. The van der Waals surface area contributed by atoms with E-state index in [1.165, 1.54) is 36.6 Å². The molecule has 0 unspecified atom stereocenters. The van der Waals surface area contributed by atoms with Crippen molar-refractivity contribution in [2.75, 3.05) is 6.54 Å². The number of hydrogen-bond donors (Lipinski definition) is 2. The maximum atomic E-state index is 13.1. The number of carbonyl (C=O) groups excluding carboxylic acids is 1. The van der Waals surface area contributed by atoms with Crippen molar-refractivity contribution in [3.05, 3.63) is 71.4 Å². The molecule has 0 saturated carbocycles. The van der Waals surface area contributed by atoms with Crippen LogP contribution in [0.15, 0.2) is 59.0 Å². The van der Waals surface area contributed by atoms with Crippen molar-refractivity contribution in [3.8, 4) is 11.3 Å². The number of benzene rings is 1. The highest BCUT2D eigenvalue weighted by molar-refractivity contribution is 5.94. The second-order valence-corrected chi connectivity index (χ2v) is 5.95. The molecule has 0 fully saturated rings. The maximum Gasteiger partial charge on any atom is 0.416 e. The zero-order chi connectivity index (χ0) is 20.3. The molecule has 2 aromatic heterocycles. The van der Waals surface area contributed by atoms with Crippen molar-refractivity contribution in [3.63, 3.8) is 0 Å². The van der Waals surface area contributed by atoms with Gasteiger partial charge in [-0.15, -0.1) is 0 Å². The second-order valence-electron chi connectivity index (χ2n) is 5.95. The van der Waals surface area contributed by atoms with Crippen LogP contribution < -0.4 is 11.1 Å². The monoisotopic (exact) mass is 390 g/mol. The summed E-state index contributed by atoms with van der Waals surface area (Å²) in [6, 6.07) is 8.32. The maximum absolute atomic E-state index is 13.1. The number of aromatic nitrogens is 2. The molecule has 3 rings (SSSR count). The SMILES string of the molecule is Cn1nccc1-c1coc(C(=O)N/C(=C/c2ccccc2C(F)(F)F)CN)c1. The number of hydrogen-bond acceptors (Lipinski definition) is 4. The molecule has 0 spiro atoms. The van der Waals surface area contributed by atoms with Crippen LogP contribution in [-0.2, 0) is 13.2 Å². The highest BCUT2D eigenvalue weighted by atomic mass is 19.4. The fourth-order valence-corrected chi connectivity index (χ4v) is 2.67. The zero-order valence-electron chi connectivity index (χ0n) is 14.8. The summed E-state index contributed by atoms with van der Waals surface area (Å²) in [5, 5.41) is 6.54. The first-order chi connectivity index (χ1) is 13.3. The fourth-order valence-electron chi connectivity index (χ4n) is 2.67. The third kappa shape index (κ3) is 4.15. The van der Waals surface area contributed by atoms with Crippen molar-refractivity contribution in [1.29, 1.82) is 0 Å². The molecular formula is C19H17F3N4O2. The van der Waals surface area contributed by atoms with Crippen molar-refractivity contribution in [1.82, 2.24) is 15.1 Å². The van der Waals surface area contributed by atoms with Gasteiger partial charge in [-0.3, -0.25) is 9.48 Å². The van der Waals surface area contributed by atoms with Gasteiger partial charge in [-0.05, 0) is 29.8 Å². The molecule has 3 N–H and O–H groups in total. The van der Waals surface area contributed by atoms with Crippen LogP contribution in [0.25, 0.3) is 17.3 Å². The van der Waals surface area contributed by atoms with Gasteiger partial charge in [0.25, 0.3) is 5.91 Å². The van der Waals surface area contributed by atoms with Crippen LogP contribution in [0, 0.1) is 0 Å². The molecule has 28 heavy (non-hydrogen) atoms. The topological polar surface area (TPSA) is 86.1 Å². The molecule has 0 aliphatic heterocycles. The standard InChI is InChI=1S/C19H17F3N4O2/c1-26-16(6-7-24-26)13-9-17(28-11-13)18(27)25-14(10-23)8-12-4-2-3-5-15(12)19(20,21)22/h2-9,11H,10,23H2,1H3,(H,25,27)/b14-8+. The van der Waals surface area contributed by atoms with E-state index in [2.05, 4.69) is 10.4 Å². The van der Waals surface area contributed by atoms with Gasteiger partial charge >= 0.3 is 6.18 Å². The summed E-state index contributed by atoms with van der Waals surface area (Å²) in [4.78, 5) is 12.4. The van der Waals surface area contributed by atoms with E-state index >= 15 is 0 Å². The number of aryl methyl sites for hydroxylation is 1. The van der Waals surface area contributed by atoms with Gasteiger partial charge in [0, 0.05) is 31.0 Å².